The van der Waals surface area contributed by atoms with Crippen molar-refractivity contribution in [2.75, 3.05) is 6.61 Å². The Morgan fingerprint density at radius 3 is 2.81 bits per heavy atom. The fourth-order valence-electron chi connectivity index (χ4n) is 2.08. The summed E-state index contributed by atoms with van der Waals surface area (Å²) in [5, 5.41) is 8.94. The zero-order valence-electron chi connectivity index (χ0n) is 10.2. The van der Waals surface area contributed by atoms with Gasteiger partial charge in [-0.05, 0) is 31.6 Å². The number of nitriles is 1. The van der Waals surface area contributed by atoms with Crippen LogP contribution in [0.4, 0.5) is 0 Å². The lowest BCUT2D eigenvalue weighted by Crippen LogP contribution is -2.17. The highest BCUT2D eigenvalue weighted by atomic mass is 16.5. The first kappa shape index (κ1) is 13.2. The van der Waals surface area contributed by atoms with Gasteiger partial charge in [0, 0.05) is 13.0 Å². The molecular weight excluding hydrogens is 202 g/mol. The SMILES string of the molecule is CC(C)CC(C#N)C(=O)CCC1CCCO1. The van der Waals surface area contributed by atoms with Crippen LogP contribution in [0, 0.1) is 23.2 Å². The van der Waals surface area contributed by atoms with Gasteiger partial charge in [-0.2, -0.15) is 5.26 Å². The van der Waals surface area contributed by atoms with Crippen molar-refractivity contribution >= 4 is 5.78 Å². The van der Waals surface area contributed by atoms with E-state index in [1.807, 2.05) is 13.8 Å². The van der Waals surface area contributed by atoms with Crippen LogP contribution in [-0.4, -0.2) is 18.5 Å². The Morgan fingerprint density at radius 2 is 2.31 bits per heavy atom. The van der Waals surface area contributed by atoms with E-state index in [4.69, 9.17) is 10.00 Å². The summed E-state index contributed by atoms with van der Waals surface area (Å²) in [6.45, 7) is 4.90. The Labute approximate surface area is 97.8 Å². The lowest BCUT2D eigenvalue weighted by Gasteiger charge is -2.12. The minimum atomic E-state index is -0.415. The van der Waals surface area contributed by atoms with Crippen molar-refractivity contribution in [1.29, 1.82) is 5.26 Å². The fourth-order valence-corrected chi connectivity index (χ4v) is 2.08. The van der Waals surface area contributed by atoms with E-state index in [0.29, 0.717) is 18.8 Å². The Morgan fingerprint density at radius 1 is 1.56 bits per heavy atom. The van der Waals surface area contributed by atoms with Crippen LogP contribution in [-0.2, 0) is 9.53 Å². The Hall–Kier alpha value is -0.880. The summed E-state index contributed by atoms with van der Waals surface area (Å²) in [6.07, 6.45) is 4.38. The van der Waals surface area contributed by atoms with Gasteiger partial charge in [0.05, 0.1) is 12.2 Å². The van der Waals surface area contributed by atoms with Crippen LogP contribution in [0.25, 0.3) is 0 Å². The molecule has 0 N–H and O–H groups in total. The minimum absolute atomic E-state index is 0.0895. The Bertz CT molecular complexity index is 262. The van der Waals surface area contributed by atoms with E-state index in [-0.39, 0.29) is 11.9 Å². The summed E-state index contributed by atoms with van der Waals surface area (Å²) in [5.74, 6) is 0.0735. The fraction of sp³-hybridized carbons (Fsp3) is 0.846. The van der Waals surface area contributed by atoms with Gasteiger partial charge in [-0.3, -0.25) is 4.79 Å². The Balaban J connectivity index is 2.29. The summed E-state index contributed by atoms with van der Waals surface area (Å²) in [5.41, 5.74) is 0. The zero-order chi connectivity index (χ0) is 12.0. The summed E-state index contributed by atoms with van der Waals surface area (Å²) < 4.78 is 5.46. The second kappa shape index (κ2) is 6.65. The van der Waals surface area contributed by atoms with Gasteiger partial charge in [0.25, 0.3) is 0 Å². The number of hydrogen-bond acceptors (Lipinski definition) is 3. The molecule has 0 amide bonds. The zero-order valence-corrected chi connectivity index (χ0v) is 10.2. The molecule has 0 aromatic rings. The molecule has 16 heavy (non-hydrogen) atoms. The molecular formula is C13H21NO2. The van der Waals surface area contributed by atoms with E-state index < -0.39 is 5.92 Å². The van der Waals surface area contributed by atoms with Crippen molar-refractivity contribution in [2.24, 2.45) is 11.8 Å². The van der Waals surface area contributed by atoms with E-state index in [9.17, 15) is 4.79 Å². The van der Waals surface area contributed by atoms with Crippen molar-refractivity contribution < 1.29 is 9.53 Å². The van der Waals surface area contributed by atoms with E-state index in [0.717, 1.165) is 25.9 Å². The second-order valence-corrected chi connectivity index (χ2v) is 4.95. The number of carbonyl (C=O) groups excluding carboxylic acids is 1. The van der Waals surface area contributed by atoms with Crippen LogP contribution < -0.4 is 0 Å². The molecule has 0 aliphatic carbocycles. The van der Waals surface area contributed by atoms with Gasteiger partial charge in [-0.15, -0.1) is 0 Å². The van der Waals surface area contributed by atoms with Gasteiger partial charge in [0.2, 0.25) is 0 Å². The molecule has 2 atom stereocenters. The van der Waals surface area contributed by atoms with Crippen molar-refractivity contribution in [2.45, 2.75) is 52.1 Å². The molecule has 0 radical (unpaired) electrons. The summed E-state index contributed by atoms with van der Waals surface area (Å²) in [6, 6.07) is 2.12. The molecule has 1 heterocycles. The molecule has 1 saturated heterocycles. The third-order valence-electron chi connectivity index (χ3n) is 2.99. The van der Waals surface area contributed by atoms with Gasteiger partial charge >= 0.3 is 0 Å². The van der Waals surface area contributed by atoms with Crippen LogP contribution in [0.3, 0.4) is 0 Å². The predicted octanol–water partition coefficient (Wildman–Crippen LogP) is 2.70. The number of rotatable bonds is 6. The maximum absolute atomic E-state index is 11.8. The molecule has 90 valence electrons. The van der Waals surface area contributed by atoms with Gasteiger partial charge in [-0.25, -0.2) is 0 Å². The molecule has 1 rings (SSSR count). The lowest BCUT2D eigenvalue weighted by atomic mass is 9.91. The third-order valence-corrected chi connectivity index (χ3v) is 2.99. The van der Waals surface area contributed by atoms with E-state index >= 15 is 0 Å². The molecule has 0 saturated carbocycles. The van der Waals surface area contributed by atoms with Crippen LogP contribution in [0.2, 0.25) is 0 Å². The monoisotopic (exact) mass is 223 g/mol. The summed E-state index contributed by atoms with van der Waals surface area (Å²) in [4.78, 5) is 11.8. The Kier molecular flexibility index (Phi) is 5.48. The lowest BCUT2D eigenvalue weighted by molar-refractivity contribution is -0.122. The molecule has 2 unspecified atom stereocenters. The maximum Gasteiger partial charge on any atom is 0.150 e. The number of carbonyl (C=O) groups is 1. The highest BCUT2D eigenvalue weighted by Gasteiger charge is 2.22. The highest BCUT2D eigenvalue weighted by Crippen LogP contribution is 2.20. The van der Waals surface area contributed by atoms with Crippen LogP contribution in [0.5, 0.6) is 0 Å². The molecule has 0 spiro atoms. The van der Waals surface area contributed by atoms with E-state index in [1.165, 1.54) is 0 Å². The van der Waals surface area contributed by atoms with E-state index in [2.05, 4.69) is 6.07 Å². The largest absolute Gasteiger partial charge is 0.378 e. The van der Waals surface area contributed by atoms with Crippen molar-refractivity contribution in [3.63, 3.8) is 0 Å². The average molecular weight is 223 g/mol. The van der Waals surface area contributed by atoms with Gasteiger partial charge in [0.15, 0.2) is 0 Å². The molecule has 0 aromatic carbocycles. The number of nitrogens with zero attached hydrogens (tertiary/aromatic N) is 1. The van der Waals surface area contributed by atoms with Crippen LogP contribution >= 0.6 is 0 Å². The smallest absolute Gasteiger partial charge is 0.150 e. The molecule has 1 aliphatic rings. The molecule has 3 heteroatoms. The number of hydrogen-bond donors (Lipinski definition) is 0. The van der Waals surface area contributed by atoms with Gasteiger partial charge in [0.1, 0.15) is 11.7 Å². The third kappa shape index (κ3) is 4.32. The van der Waals surface area contributed by atoms with Gasteiger partial charge in [-0.1, -0.05) is 13.8 Å². The molecule has 0 aromatic heterocycles. The molecule has 0 bridgehead atoms. The highest BCUT2D eigenvalue weighted by molar-refractivity contribution is 5.83. The van der Waals surface area contributed by atoms with Crippen molar-refractivity contribution in [1.82, 2.24) is 0 Å². The molecule has 1 fully saturated rings. The first-order valence-electron chi connectivity index (χ1n) is 6.17. The summed E-state index contributed by atoms with van der Waals surface area (Å²) in [7, 11) is 0. The first-order chi connectivity index (χ1) is 7.63. The predicted molar refractivity (Wildman–Crippen MR) is 61.8 cm³/mol. The number of ketones is 1. The standard InChI is InChI=1S/C13H21NO2/c1-10(2)8-11(9-14)13(15)6-5-12-4-3-7-16-12/h10-12H,3-8H2,1-2H3. The van der Waals surface area contributed by atoms with Crippen LogP contribution in [0.15, 0.2) is 0 Å². The summed E-state index contributed by atoms with van der Waals surface area (Å²) >= 11 is 0. The van der Waals surface area contributed by atoms with Crippen molar-refractivity contribution in [3.8, 4) is 6.07 Å². The molecule has 1 aliphatic heterocycles. The topological polar surface area (TPSA) is 50.1 Å². The molecule has 3 nitrogen and oxygen atoms in total. The minimum Gasteiger partial charge on any atom is -0.378 e. The van der Waals surface area contributed by atoms with Crippen molar-refractivity contribution in [3.05, 3.63) is 0 Å². The number of ether oxygens (including phenoxy) is 1. The van der Waals surface area contributed by atoms with Crippen LogP contribution in [0.1, 0.15) is 46.0 Å². The maximum atomic E-state index is 11.8. The quantitative estimate of drug-likeness (QED) is 0.695. The normalized spacial score (nSPS) is 22.0. The van der Waals surface area contributed by atoms with Gasteiger partial charge < -0.3 is 4.74 Å². The van der Waals surface area contributed by atoms with E-state index in [1.54, 1.807) is 0 Å². The number of Topliss-reactive ketones (excluding diaryl/α,β-unsaturated/α-hetero) is 1. The second-order valence-electron chi connectivity index (χ2n) is 4.95. The first-order valence-corrected chi connectivity index (χ1v) is 6.17. The average Bonchev–Trinajstić information content (AvgIpc) is 2.75.